The first kappa shape index (κ1) is 66.9. The van der Waals surface area contributed by atoms with Gasteiger partial charge in [-0.2, -0.15) is 0 Å². The Hall–Kier alpha value is -4.24. The van der Waals surface area contributed by atoms with Gasteiger partial charge in [0.2, 0.25) is 0 Å². The Morgan fingerprint density at radius 2 is 0.537 bits per heavy atom. The maximum absolute atomic E-state index is 6.26. The van der Waals surface area contributed by atoms with E-state index in [1.54, 1.807) is 0 Å². The van der Waals surface area contributed by atoms with Crippen LogP contribution in [0.15, 0.2) is 176 Å². The third kappa shape index (κ3) is 20.5. The summed E-state index contributed by atoms with van der Waals surface area (Å²) in [5, 5.41) is 0. The molecule has 3 nitrogen and oxygen atoms in total. The van der Waals surface area contributed by atoms with Crippen LogP contribution in [0.4, 0.5) is 0 Å². The minimum Gasteiger partial charge on any atom is -0.494 e. The molecule has 6 rings (SSSR count). The summed E-state index contributed by atoms with van der Waals surface area (Å²) in [7, 11) is -9.68. The Kier molecular flexibility index (Phi) is 25.9. The second-order valence-corrected chi connectivity index (χ2v) is 61.5. The van der Waals surface area contributed by atoms with Crippen molar-refractivity contribution in [3.05, 3.63) is 176 Å². The first-order valence-corrected chi connectivity index (χ1v) is 51.9. The summed E-state index contributed by atoms with van der Waals surface area (Å²) in [4.78, 5) is 0. The molecule has 0 aliphatic heterocycles. The van der Waals surface area contributed by atoms with Gasteiger partial charge in [0, 0.05) is 48.4 Å². The lowest BCUT2D eigenvalue weighted by Gasteiger charge is -2.63. The highest BCUT2D eigenvalue weighted by molar-refractivity contribution is 7.16. The van der Waals surface area contributed by atoms with E-state index >= 15 is 0 Å². The third-order valence-electron chi connectivity index (χ3n) is 19.4. The highest BCUT2D eigenvalue weighted by Crippen LogP contribution is 2.62. The van der Waals surface area contributed by atoms with Crippen molar-refractivity contribution in [1.29, 1.82) is 0 Å². The number of hydrogen-bond acceptors (Lipinski definition) is 3. The largest absolute Gasteiger partial charge is 0.494 e. The second kappa shape index (κ2) is 31.8. The topological polar surface area (TPSA) is 27.7 Å². The lowest BCUT2D eigenvalue weighted by molar-refractivity contribution is 0.306. The average Bonchev–Trinajstić information content (AvgIpc) is 1.95. The van der Waals surface area contributed by atoms with Gasteiger partial charge >= 0.3 is 0 Å². The fourth-order valence-corrected chi connectivity index (χ4v) is 61.7. The number of unbranched alkanes of at least 4 members (excludes halogenated alkanes) is 6. The number of benzene rings is 6. The van der Waals surface area contributed by atoms with E-state index < -0.39 is 48.4 Å². The minimum atomic E-state index is -1.81. The van der Waals surface area contributed by atoms with Crippen molar-refractivity contribution in [1.82, 2.24) is 0 Å². The van der Waals surface area contributed by atoms with Crippen LogP contribution in [-0.4, -0.2) is 68.3 Å². The molecular weight excluding hydrogens is 1090 g/mol. The van der Waals surface area contributed by atoms with Crippen LogP contribution in [0, 0.1) is 0 Å². The standard InChI is InChI=1S/C73H110O3Si6/c1-14-51-73(80(8,9)61-58-77(2,3)55-30-18-27-52-74-70-45-39-67(40-46-70)64-33-21-15-22-34-64,81(10,11)62-59-78(4,5)56-31-19-28-53-75-71-47-41-68(42-48-71)65-35-23-16-24-36-65)82(12,13)63-60-79(6,7)57-32-20-29-54-76-72-49-43-69(44-50-72)66-37-25-17-26-38-66/h14-17,21-26,33-50H,1,18-20,27-32,51-63H2,2-13H3. The molecule has 9 heteroatoms. The number of allylic oxidation sites excluding steroid dienone is 1. The van der Waals surface area contributed by atoms with Crippen LogP contribution < -0.4 is 14.2 Å². The van der Waals surface area contributed by atoms with Crippen LogP contribution in [0.1, 0.15) is 64.2 Å². The summed E-state index contributed by atoms with van der Waals surface area (Å²) in [6.45, 7) is 41.0. The smallest absolute Gasteiger partial charge is 0.119 e. The predicted octanol–water partition coefficient (Wildman–Crippen LogP) is 23.4. The Labute approximate surface area is 507 Å². The molecule has 82 heavy (non-hydrogen) atoms. The molecule has 0 aliphatic rings. The average molecular weight is 1200 g/mol. The summed E-state index contributed by atoms with van der Waals surface area (Å²) in [6.07, 6.45) is 14.9. The van der Waals surface area contributed by atoms with Crippen LogP contribution in [0.2, 0.25) is 137 Å². The van der Waals surface area contributed by atoms with Gasteiger partial charge in [0.1, 0.15) is 17.2 Å². The van der Waals surface area contributed by atoms with Gasteiger partial charge in [-0.25, -0.2) is 0 Å². The molecule has 0 aromatic heterocycles. The van der Waals surface area contributed by atoms with E-state index in [2.05, 4.69) is 255 Å². The van der Waals surface area contributed by atoms with E-state index in [0.29, 0.717) is 4.28 Å². The van der Waals surface area contributed by atoms with Crippen molar-refractivity contribution in [3.8, 4) is 50.6 Å². The lowest BCUT2D eigenvalue weighted by Crippen LogP contribution is -2.68. The van der Waals surface area contributed by atoms with Gasteiger partial charge in [-0.3, -0.25) is 0 Å². The number of ether oxygens (including phenoxy) is 3. The number of rotatable bonds is 38. The summed E-state index contributed by atoms with van der Waals surface area (Å²) >= 11 is 0. The van der Waals surface area contributed by atoms with E-state index in [1.165, 1.54) is 133 Å². The molecule has 0 bridgehead atoms. The van der Waals surface area contributed by atoms with Crippen LogP contribution in [0.5, 0.6) is 17.2 Å². The van der Waals surface area contributed by atoms with Crippen molar-refractivity contribution in [2.75, 3.05) is 19.8 Å². The molecule has 0 saturated carbocycles. The lowest BCUT2D eigenvalue weighted by atomic mass is 10.1. The molecule has 0 heterocycles. The van der Waals surface area contributed by atoms with E-state index in [1.807, 2.05) is 0 Å². The van der Waals surface area contributed by atoms with Crippen molar-refractivity contribution in [2.45, 2.75) is 201 Å². The molecular formula is C73H110O3Si6. The maximum Gasteiger partial charge on any atom is 0.119 e. The van der Waals surface area contributed by atoms with E-state index in [4.69, 9.17) is 14.2 Å². The molecule has 0 aliphatic carbocycles. The Morgan fingerprint density at radius 1 is 0.293 bits per heavy atom. The van der Waals surface area contributed by atoms with E-state index in [9.17, 15) is 0 Å². The molecule has 0 atom stereocenters. The van der Waals surface area contributed by atoms with Crippen LogP contribution >= 0.6 is 0 Å². The number of hydrogen-bond donors (Lipinski definition) is 0. The normalized spacial score (nSPS) is 12.8. The zero-order chi connectivity index (χ0) is 59.2. The first-order chi connectivity index (χ1) is 39.1. The molecule has 0 fully saturated rings. The highest BCUT2D eigenvalue weighted by Gasteiger charge is 2.63. The molecule has 0 radical (unpaired) electrons. The molecule has 6 aromatic rings. The third-order valence-corrected chi connectivity index (χ3v) is 55.0. The molecule has 6 aromatic carbocycles. The van der Waals surface area contributed by atoms with E-state index in [-0.39, 0.29) is 0 Å². The molecule has 444 valence electrons. The Balaban J connectivity index is 1.04. The second-order valence-electron chi connectivity index (χ2n) is 28.7. The first-order valence-electron chi connectivity index (χ1n) is 32.0. The van der Waals surface area contributed by atoms with Gasteiger partial charge in [0.25, 0.3) is 0 Å². The predicted molar refractivity (Wildman–Crippen MR) is 379 cm³/mol. The van der Waals surface area contributed by atoms with Gasteiger partial charge in [0.15, 0.2) is 0 Å². The van der Waals surface area contributed by atoms with Crippen LogP contribution in [0.25, 0.3) is 33.4 Å². The van der Waals surface area contributed by atoms with Crippen LogP contribution in [0.3, 0.4) is 0 Å². The van der Waals surface area contributed by atoms with Gasteiger partial charge < -0.3 is 14.2 Å². The Morgan fingerprint density at radius 3 is 0.780 bits per heavy atom. The summed E-state index contributed by atoms with van der Waals surface area (Å²) < 4.78 is 19.3. The minimum absolute atomic E-state index is 0.498. The fraction of sp³-hybridized carbons (Fsp3) is 0.479. The molecule has 0 saturated heterocycles. The van der Waals surface area contributed by atoms with Gasteiger partial charge in [0.05, 0.1) is 19.8 Å². The van der Waals surface area contributed by atoms with E-state index in [0.717, 1.165) is 56.3 Å². The van der Waals surface area contributed by atoms with Gasteiger partial charge in [-0.15, -0.1) is 6.58 Å². The zero-order valence-electron chi connectivity index (χ0n) is 53.7. The maximum atomic E-state index is 6.26. The summed E-state index contributed by atoms with van der Waals surface area (Å²) in [5.74, 6) is 2.95. The van der Waals surface area contributed by atoms with Crippen molar-refractivity contribution in [3.63, 3.8) is 0 Å². The molecule has 0 N–H and O–H groups in total. The van der Waals surface area contributed by atoms with Crippen molar-refractivity contribution < 1.29 is 14.2 Å². The van der Waals surface area contributed by atoms with Crippen molar-refractivity contribution in [2.24, 2.45) is 0 Å². The Bertz CT molecular complexity index is 2440. The quantitative estimate of drug-likeness (QED) is 0.0220. The monoisotopic (exact) mass is 1200 g/mol. The molecule has 0 unspecified atom stereocenters. The SMILES string of the molecule is C=CCC([Si](C)(C)CC[Si](C)(C)CCCCCOc1ccc(-c2ccccc2)cc1)([Si](C)(C)CC[Si](C)(C)CCCCCOc1ccc(-c2ccccc2)cc1)[Si](C)(C)CC[Si](C)(C)CCCCCOc1ccc(-c2ccccc2)cc1. The van der Waals surface area contributed by atoms with Gasteiger partial charge in [-0.1, -0.05) is 305 Å². The zero-order valence-corrected chi connectivity index (χ0v) is 59.7. The van der Waals surface area contributed by atoms with Crippen molar-refractivity contribution >= 4 is 48.4 Å². The summed E-state index contributed by atoms with van der Waals surface area (Å²) in [6, 6.07) is 71.0. The van der Waals surface area contributed by atoms with Gasteiger partial charge in [-0.05, 0) is 99.7 Å². The van der Waals surface area contributed by atoms with Crippen LogP contribution in [-0.2, 0) is 0 Å². The highest BCUT2D eigenvalue weighted by atomic mass is 28.5. The molecule has 0 spiro atoms. The fourth-order valence-electron chi connectivity index (χ4n) is 14.1. The molecule has 0 amide bonds. The summed E-state index contributed by atoms with van der Waals surface area (Å²) in [5.41, 5.74) is 7.48.